The largest absolute Gasteiger partial charge is 0.477 e. The third-order valence-corrected chi connectivity index (χ3v) is 6.16. The quantitative estimate of drug-likeness (QED) is 0.187. The predicted molar refractivity (Wildman–Crippen MR) is 138 cm³/mol. The third-order valence-electron chi connectivity index (χ3n) is 5.91. The Kier molecular flexibility index (Phi) is 6.21. The van der Waals surface area contributed by atoms with Gasteiger partial charge in [0.2, 0.25) is 5.78 Å². The normalized spacial score (nSPS) is 11.8. The van der Waals surface area contributed by atoms with Crippen molar-refractivity contribution in [1.29, 1.82) is 0 Å². The number of carbonyl (C=O) groups excluding carboxylic acids is 1. The summed E-state index contributed by atoms with van der Waals surface area (Å²) in [5, 5.41) is 1.34. The molecule has 5 aromatic rings. The van der Waals surface area contributed by atoms with Gasteiger partial charge in [-0.15, -0.1) is 0 Å². The van der Waals surface area contributed by atoms with Crippen LogP contribution in [0.5, 0.6) is 5.75 Å². The van der Waals surface area contributed by atoms with E-state index in [9.17, 15) is 9.59 Å². The van der Waals surface area contributed by atoms with Gasteiger partial charge < -0.3 is 9.15 Å². The van der Waals surface area contributed by atoms with E-state index in [-0.39, 0.29) is 5.78 Å². The van der Waals surface area contributed by atoms with Gasteiger partial charge in [0.1, 0.15) is 11.3 Å². The first-order valence-corrected chi connectivity index (χ1v) is 11.5. The molecule has 0 aliphatic heterocycles. The Morgan fingerprint density at radius 1 is 0.857 bits per heavy atom. The Labute approximate surface area is 207 Å². The van der Waals surface area contributed by atoms with Crippen molar-refractivity contribution in [3.63, 3.8) is 0 Å². The standard InChI is InChI=1S/C30H21ClO4/c1-19-26(17-16-24-25(18-27(32)35-29(19)24)20-8-4-2-5-9-20)34-30(22-10-6-3-7-11-22)28(33)21-12-14-23(31)15-13-21/h2-18,30H,1H3/t30-/m0/s1. The highest BCUT2D eigenvalue weighted by Gasteiger charge is 2.25. The van der Waals surface area contributed by atoms with Crippen LogP contribution in [-0.2, 0) is 0 Å². The fourth-order valence-electron chi connectivity index (χ4n) is 4.12. The summed E-state index contributed by atoms with van der Waals surface area (Å²) in [6.07, 6.45) is -0.891. The molecule has 172 valence electrons. The predicted octanol–water partition coefficient (Wildman–Crippen LogP) is 7.42. The maximum absolute atomic E-state index is 13.5. The number of benzene rings is 4. The zero-order valence-corrected chi connectivity index (χ0v) is 19.7. The topological polar surface area (TPSA) is 56.5 Å². The minimum atomic E-state index is -0.891. The van der Waals surface area contributed by atoms with Crippen molar-refractivity contribution in [2.75, 3.05) is 0 Å². The molecule has 0 radical (unpaired) electrons. The number of ketones is 1. The van der Waals surface area contributed by atoms with Crippen LogP contribution in [0.2, 0.25) is 5.02 Å². The fourth-order valence-corrected chi connectivity index (χ4v) is 4.25. The van der Waals surface area contributed by atoms with Crippen LogP contribution in [0.3, 0.4) is 0 Å². The molecular formula is C30H21ClO4. The Hall–Kier alpha value is -4.15. The average molecular weight is 481 g/mol. The molecule has 0 amide bonds. The van der Waals surface area contributed by atoms with Gasteiger partial charge in [0.05, 0.1) is 0 Å². The number of aryl methyl sites for hydroxylation is 1. The summed E-state index contributed by atoms with van der Waals surface area (Å²) >= 11 is 6.01. The van der Waals surface area contributed by atoms with Crippen LogP contribution in [0.25, 0.3) is 22.1 Å². The Balaban J connectivity index is 1.60. The number of carbonyl (C=O) groups is 1. The minimum absolute atomic E-state index is 0.202. The van der Waals surface area contributed by atoms with Gasteiger partial charge in [-0.05, 0) is 54.4 Å². The molecule has 1 atom stereocenters. The second kappa shape index (κ2) is 9.61. The molecule has 4 nitrogen and oxygen atoms in total. The van der Waals surface area contributed by atoms with Crippen molar-refractivity contribution in [3.05, 3.63) is 135 Å². The van der Waals surface area contributed by atoms with E-state index in [2.05, 4.69) is 0 Å². The van der Waals surface area contributed by atoms with Crippen molar-refractivity contribution < 1.29 is 13.9 Å². The van der Waals surface area contributed by atoms with Crippen molar-refractivity contribution >= 4 is 28.4 Å². The van der Waals surface area contributed by atoms with Crippen LogP contribution >= 0.6 is 11.6 Å². The first-order valence-electron chi connectivity index (χ1n) is 11.2. The summed E-state index contributed by atoms with van der Waals surface area (Å²) in [6, 6.07) is 30.9. The summed E-state index contributed by atoms with van der Waals surface area (Å²) in [4.78, 5) is 25.9. The van der Waals surface area contributed by atoms with Gasteiger partial charge in [-0.3, -0.25) is 4.79 Å². The van der Waals surface area contributed by atoms with Crippen LogP contribution in [0.1, 0.15) is 27.6 Å². The second-order valence-electron chi connectivity index (χ2n) is 8.19. The molecule has 0 saturated heterocycles. The van der Waals surface area contributed by atoms with E-state index in [1.165, 1.54) is 6.07 Å². The number of hydrogen-bond donors (Lipinski definition) is 0. The fraction of sp³-hybridized carbons (Fsp3) is 0.0667. The van der Waals surface area contributed by atoms with E-state index in [1.807, 2.05) is 79.7 Å². The lowest BCUT2D eigenvalue weighted by atomic mass is 9.98. The number of hydrogen-bond acceptors (Lipinski definition) is 4. The molecule has 0 N–H and O–H groups in total. The number of ether oxygens (including phenoxy) is 1. The van der Waals surface area contributed by atoms with Crippen molar-refractivity contribution in [3.8, 4) is 16.9 Å². The molecule has 0 saturated carbocycles. The van der Waals surface area contributed by atoms with Gasteiger partial charge >= 0.3 is 5.63 Å². The minimum Gasteiger partial charge on any atom is -0.477 e. The monoisotopic (exact) mass is 480 g/mol. The Bertz CT molecular complexity index is 1560. The highest BCUT2D eigenvalue weighted by atomic mass is 35.5. The Morgan fingerprint density at radius 2 is 1.51 bits per heavy atom. The lowest BCUT2D eigenvalue weighted by Crippen LogP contribution is -2.19. The van der Waals surface area contributed by atoms with E-state index in [0.29, 0.717) is 33.0 Å². The Morgan fingerprint density at radius 3 is 2.20 bits per heavy atom. The first kappa shape index (κ1) is 22.6. The lowest BCUT2D eigenvalue weighted by molar-refractivity contribution is 0.0791. The molecule has 0 aliphatic carbocycles. The molecule has 1 aromatic heterocycles. The first-order chi connectivity index (χ1) is 17.0. The van der Waals surface area contributed by atoms with Gasteiger partial charge in [-0.25, -0.2) is 4.79 Å². The van der Waals surface area contributed by atoms with Gasteiger partial charge in [-0.1, -0.05) is 72.3 Å². The van der Waals surface area contributed by atoms with E-state index in [0.717, 1.165) is 16.5 Å². The number of fused-ring (bicyclic) bond motifs is 1. The van der Waals surface area contributed by atoms with Crippen LogP contribution < -0.4 is 10.4 Å². The summed E-state index contributed by atoms with van der Waals surface area (Å²) in [5.41, 5.74) is 3.52. The van der Waals surface area contributed by atoms with Gasteiger partial charge in [0.25, 0.3) is 0 Å². The summed E-state index contributed by atoms with van der Waals surface area (Å²) in [7, 11) is 0. The highest BCUT2D eigenvalue weighted by molar-refractivity contribution is 6.30. The average Bonchev–Trinajstić information content (AvgIpc) is 2.89. The molecule has 1 heterocycles. The van der Waals surface area contributed by atoms with Crippen LogP contribution in [0.4, 0.5) is 0 Å². The lowest BCUT2D eigenvalue weighted by Gasteiger charge is -2.21. The van der Waals surface area contributed by atoms with Gasteiger partial charge in [-0.2, -0.15) is 0 Å². The SMILES string of the molecule is Cc1c(O[C@H](C(=O)c2ccc(Cl)cc2)c2ccccc2)ccc2c(-c3ccccc3)cc(=O)oc12. The number of halogens is 1. The molecule has 0 unspecified atom stereocenters. The summed E-state index contributed by atoms with van der Waals surface area (Å²) < 4.78 is 11.9. The highest BCUT2D eigenvalue weighted by Crippen LogP contribution is 2.35. The van der Waals surface area contributed by atoms with E-state index in [1.54, 1.807) is 24.3 Å². The van der Waals surface area contributed by atoms with Gasteiger partial charge in [0.15, 0.2) is 6.10 Å². The molecule has 5 rings (SSSR count). The maximum Gasteiger partial charge on any atom is 0.336 e. The molecular weight excluding hydrogens is 460 g/mol. The van der Waals surface area contributed by atoms with Crippen molar-refractivity contribution in [1.82, 2.24) is 0 Å². The summed E-state index contributed by atoms with van der Waals surface area (Å²) in [6.45, 7) is 1.82. The third kappa shape index (κ3) is 4.61. The van der Waals surface area contributed by atoms with Crippen molar-refractivity contribution in [2.24, 2.45) is 0 Å². The maximum atomic E-state index is 13.5. The zero-order valence-electron chi connectivity index (χ0n) is 18.9. The van der Waals surface area contributed by atoms with Crippen LogP contribution in [-0.4, -0.2) is 5.78 Å². The molecule has 0 bridgehead atoms. The molecule has 0 fully saturated rings. The van der Waals surface area contributed by atoms with Crippen molar-refractivity contribution in [2.45, 2.75) is 13.0 Å². The van der Waals surface area contributed by atoms with Gasteiger partial charge in [0, 0.05) is 33.2 Å². The smallest absolute Gasteiger partial charge is 0.336 e. The number of rotatable bonds is 6. The summed E-state index contributed by atoms with van der Waals surface area (Å²) in [5.74, 6) is 0.258. The second-order valence-corrected chi connectivity index (χ2v) is 8.63. The van der Waals surface area contributed by atoms with E-state index < -0.39 is 11.7 Å². The van der Waals surface area contributed by atoms with E-state index >= 15 is 0 Å². The molecule has 4 aromatic carbocycles. The molecule has 35 heavy (non-hydrogen) atoms. The molecule has 5 heteroatoms. The number of Topliss-reactive ketones (excluding diaryl/α,β-unsaturated/α-hetero) is 1. The zero-order chi connectivity index (χ0) is 24.4. The van der Waals surface area contributed by atoms with E-state index in [4.69, 9.17) is 20.8 Å². The molecule has 0 aliphatic rings. The molecule has 0 spiro atoms. The van der Waals surface area contributed by atoms with Crippen LogP contribution in [0, 0.1) is 6.92 Å². The van der Waals surface area contributed by atoms with Crippen LogP contribution in [0.15, 0.2) is 112 Å².